The average molecular weight is 366 g/mol. The number of H-pyrrole nitrogens is 1. The summed E-state index contributed by atoms with van der Waals surface area (Å²) in [6.07, 6.45) is 6.74. The molecule has 3 heterocycles. The largest absolute Gasteiger partial charge is 0.394 e. The van der Waals surface area contributed by atoms with Crippen molar-refractivity contribution < 1.29 is 9.90 Å². The number of amides is 1. The number of nitrogens with zero attached hydrogens (tertiary/aromatic N) is 3. The summed E-state index contributed by atoms with van der Waals surface area (Å²) in [7, 11) is 0. The standard InChI is InChI=1S/C19H22N6O2/c1-3-21-19-23-8-12(2)17(25-19)14-7-15(22-10-14)18(27)24-16(11-26)13-5-4-6-20-9-13/h4-10,16,22,26H,3,11H2,1-2H3,(H,24,27)(H,21,23,25). The van der Waals surface area contributed by atoms with Crippen LogP contribution in [0.4, 0.5) is 5.95 Å². The molecule has 0 aromatic carbocycles. The van der Waals surface area contributed by atoms with Gasteiger partial charge in [-0.1, -0.05) is 6.07 Å². The Bertz CT molecular complexity index is 910. The van der Waals surface area contributed by atoms with Crippen molar-refractivity contribution in [3.05, 3.63) is 59.8 Å². The highest BCUT2D eigenvalue weighted by atomic mass is 16.3. The molecule has 0 bridgehead atoms. The highest BCUT2D eigenvalue weighted by molar-refractivity contribution is 5.94. The van der Waals surface area contributed by atoms with E-state index in [2.05, 4.69) is 30.6 Å². The molecule has 0 aliphatic rings. The van der Waals surface area contributed by atoms with E-state index in [0.29, 0.717) is 11.6 Å². The highest BCUT2D eigenvalue weighted by Gasteiger charge is 2.17. The molecule has 0 aliphatic heterocycles. The number of carbonyl (C=O) groups is 1. The van der Waals surface area contributed by atoms with Gasteiger partial charge in [-0.3, -0.25) is 9.78 Å². The molecule has 4 N–H and O–H groups in total. The Balaban J connectivity index is 1.79. The molecule has 3 aromatic rings. The van der Waals surface area contributed by atoms with E-state index in [1.54, 1.807) is 43.0 Å². The van der Waals surface area contributed by atoms with Gasteiger partial charge in [0.1, 0.15) is 5.69 Å². The lowest BCUT2D eigenvalue weighted by atomic mass is 10.1. The summed E-state index contributed by atoms with van der Waals surface area (Å²) in [6.45, 7) is 4.39. The number of aliphatic hydroxyl groups excluding tert-OH is 1. The van der Waals surface area contributed by atoms with Crippen LogP contribution in [0.5, 0.6) is 0 Å². The first-order chi connectivity index (χ1) is 13.1. The van der Waals surface area contributed by atoms with E-state index in [1.807, 2.05) is 13.8 Å². The van der Waals surface area contributed by atoms with Crippen LogP contribution in [0.3, 0.4) is 0 Å². The van der Waals surface area contributed by atoms with Crippen molar-refractivity contribution in [2.75, 3.05) is 18.5 Å². The third kappa shape index (κ3) is 4.29. The first-order valence-electron chi connectivity index (χ1n) is 8.70. The molecular weight excluding hydrogens is 344 g/mol. The third-order valence-electron chi connectivity index (χ3n) is 4.08. The molecular formula is C19H22N6O2. The molecule has 1 amide bonds. The summed E-state index contributed by atoms with van der Waals surface area (Å²) in [5.74, 6) is 0.227. The average Bonchev–Trinajstić information content (AvgIpc) is 3.18. The van der Waals surface area contributed by atoms with Crippen molar-refractivity contribution in [2.24, 2.45) is 0 Å². The summed E-state index contributed by atoms with van der Waals surface area (Å²) >= 11 is 0. The van der Waals surface area contributed by atoms with Gasteiger partial charge in [0.2, 0.25) is 5.95 Å². The quantitative estimate of drug-likeness (QED) is 0.509. The lowest BCUT2D eigenvalue weighted by molar-refractivity contribution is 0.0911. The van der Waals surface area contributed by atoms with Crippen molar-refractivity contribution in [1.29, 1.82) is 0 Å². The maximum atomic E-state index is 12.6. The summed E-state index contributed by atoms with van der Waals surface area (Å²) < 4.78 is 0. The van der Waals surface area contributed by atoms with Gasteiger partial charge in [0.15, 0.2) is 0 Å². The van der Waals surface area contributed by atoms with Crippen LogP contribution in [-0.4, -0.2) is 44.1 Å². The van der Waals surface area contributed by atoms with Gasteiger partial charge in [0, 0.05) is 36.9 Å². The van der Waals surface area contributed by atoms with Gasteiger partial charge in [-0.2, -0.15) is 0 Å². The fourth-order valence-electron chi connectivity index (χ4n) is 2.69. The molecule has 0 spiro atoms. The fourth-order valence-corrected chi connectivity index (χ4v) is 2.69. The normalized spacial score (nSPS) is 11.8. The van der Waals surface area contributed by atoms with Gasteiger partial charge in [-0.15, -0.1) is 0 Å². The Morgan fingerprint density at radius 3 is 2.93 bits per heavy atom. The van der Waals surface area contributed by atoms with Crippen LogP contribution in [0.1, 0.15) is 34.6 Å². The maximum absolute atomic E-state index is 12.6. The van der Waals surface area contributed by atoms with E-state index in [-0.39, 0.29) is 12.5 Å². The molecule has 1 unspecified atom stereocenters. The molecule has 0 fully saturated rings. The molecule has 3 rings (SSSR count). The van der Waals surface area contributed by atoms with E-state index < -0.39 is 6.04 Å². The number of rotatable bonds is 7. The zero-order valence-corrected chi connectivity index (χ0v) is 15.2. The van der Waals surface area contributed by atoms with Gasteiger partial charge >= 0.3 is 0 Å². The zero-order chi connectivity index (χ0) is 19.2. The van der Waals surface area contributed by atoms with Gasteiger partial charge in [-0.05, 0) is 37.1 Å². The first-order valence-corrected chi connectivity index (χ1v) is 8.70. The van der Waals surface area contributed by atoms with Crippen LogP contribution >= 0.6 is 0 Å². The Morgan fingerprint density at radius 1 is 1.37 bits per heavy atom. The van der Waals surface area contributed by atoms with Crippen molar-refractivity contribution in [2.45, 2.75) is 19.9 Å². The number of pyridine rings is 1. The number of aliphatic hydroxyl groups is 1. The van der Waals surface area contributed by atoms with Crippen LogP contribution in [0.2, 0.25) is 0 Å². The van der Waals surface area contributed by atoms with Crippen LogP contribution in [0.15, 0.2) is 43.0 Å². The Kier molecular flexibility index (Phi) is 5.77. The second kappa shape index (κ2) is 8.41. The van der Waals surface area contributed by atoms with Crippen LogP contribution in [-0.2, 0) is 0 Å². The molecule has 0 aliphatic carbocycles. The molecule has 3 aromatic heterocycles. The number of aromatic amines is 1. The van der Waals surface area contributed by atoms with Gasteiger partial charge in [0.25, 0.3) is 5.91 Å². The minimum absolute atomic E-state index is 0.220. The monoisotopic (exact) mass is 366 g/mol. The Labute approximate surface area is 157 Å². The van der Waals surface area contributed by atoms with Crippen LogP contribution in [0, 0.1) is 6.92 Å². The van der Waals surface area contributed by atoms with E-state index in [0.717, 1.165) is 28.9 Å². The third-order valence-corrected chi connectivity index (χ3v) is 4.08. The van der Waals surface area contributed by atoms with Crippen LogP contribution in [0.25, 0.3) is 11.3 Å². The van der Waals surface area contributed by atoms with E-state index >= 15 is 0 Å². The molecule has 8 heteroatoms. The van der Waals surface area contributed by atoms with Gasteiger partial charge < -0.3 is 20.7 Å². The number of aryl methyl sites for hydroxylation is 1. The van der Waals surface area contributed by atoms with Crippen molar-refractivity contribution in [1.82, 2.24) is 25.3 Å². The number of hydrogen-bond acceptors (Lipinski definition) is 6. The zero-order valence-electron chi connectivity index (χ0n) is 15.2. The summed E-state index contributed by atoms with van der Waals surface area (Å²) in [6, 6.07) is 4.77. The van der Waals surface area contributed by atoms with E-state index in [4.69, 9.17) is 0 Å². The number of nitrogens with one attached hydrogen (secondary N) is 3. The van der Waals surface area contributed by atoms with E-state index in [9.17, 15) is 9.90 Å². The van der Waals surface area contributed by atoms with Crippen LogP contribution < -0.4 is 10.6 Å². The second-order valence-corrected chi connectivity index (χ2v) is 6.05. The molecule has 27 heavy (non-hydrogen) atoms. The van der Waals surface area contributed by atoms with Crippen molar-refractivity contribution >= 4 is 11.9 Å². The van der Waals surface area contributed by atoms with E-state index in [1.165, 1.54) is 0 Å². The second-order valence-electron chi connectivity index (χ2n) is 6.05. The van der Waals surface area contributed by atoms with Crippen molar-refractivity contribution in [3.8, 4) is 11.3 Å². The molecule has 8 nitrogen and oxygen atoms in total. The Hall–Kier alpha value is -3.26. The lowest BCUT2D eigenvalue weighted by Gasteiger charge is -2.15. The molecule has 0 saturated carbocycles. The number of carbonyl (C=O) groups excluding carboxylic acids is 1. The topological polar surface area (TPSA) is 116 Å². The van der Waals surface area contributed by atoms with Crippen molar-refractivity contribution in [3.63, 3.8) is 0 Å². The molecule has 0 radical (unpaired) electrons. The lowest BCUT2D eigenvalue weighted by Crippen LogP contribution is -2.31. The van der Waals surface area contributed by atoms with Gasteiger partial charge in [-0.25, -0.2) is 9.97 Å². The fraction of sp³-hybridized carbons (Fsp3) is 0.263. The predicted octanol–water partition coefficient (Wildman–Crippen LogP) is 2.07. The number of hydrogen-bond donors (Lipinski definition) is 4. The molecule has 140 valence electrons. The Morgan fingerprint density at radius 2 is 2.22 bits per heavy atom. The number of anilines is 1. The highest BCUT2D eigenvalue weighted by Crippen LogP contribution is 2.23. The molecule has 0 saturated heterocycles. The van der Waals surface area contributed by atoms with Gasteiger partial charge in [0.05, 0.1) is 18.3 Å². The maximum Gasteiger partial charge on any atom is 0.268 e. The summed E-state index contributed by atoms with van der Waals surface area (Å²) in [4.78, 5) is 28.3. The SMILES string of the molecule is CCNc1ncc(C)c(-c2c[nH]c(C(=O)NC(CO)c3cccnc3)c2)n1. The minimum Gasteiger partial charge on any atom is -0.394 e. The number of aromatic nitrogens is 4. The molecule has 1 atom stereocenters. The summed E-state index contributed by atoms with van der Waals surface area (Å²) in [5, 5.41) is 15.5. The minimum atomic E-state index is -0.529. The smallest absolute Gasteiger partial charge is 0.268 e. The summed E-state index contributed by atoms with van der Waals surface area (Å²) in [5.41, 5.74) is 3.58. The predicted molar refractivity (Wildman–Crippen MR) is 102 cm³/mol. The first kappa shape index (κ1) is 18.5.